The molecule has 0 radical (unpaired) electrons. The van der Waals surface area contributed by atoms with Crippen molar-refractivity contribution in [3.63, 3.8) is 0 Å². The molecule has 204 valence electrons. The van der Waals surface area contributed by atoms with Gasteiger partial charge in [-0.2, -0.15) is 0 Å². The highest BCUT2D eigenvalue weighted by Crippen LogP contribution is 2.56. The van der Waals surface area contributed by atoms with E-state index >= 15 is 0 Å². The maximum absolute atomic E-state index is 13.8. The van der Waals surface area contributed by atoms with Crippen LogP contribution >= 0.6 is 0 Å². The van der Waals surface area contributed by atoms with Gasteiger partial charge in [-0.15, -0.1) is 0 Å². The van der Waals surface area contributed by atoms with Gasteiger partial charge < -0.3 is 31.3 Å². The first-order valence-corrected chi connectivity index (χ1v) is 12.5. The van der Waals surface area contributed by atoms with E-state index in [0.717, 1.165) is 11.1 Å². The number of likely N-dealkylation sites (N-methyl/N-ethyl adjacent to an activating group) is 1. The molecule has 0 fully saturated rings. The second-order valence-electron chi connectivity index (χ2n) is 10.8. The van der Waals surface area contributed by atoms with Gasteiger partial charge >= 0.3 is 0 Å². The maximum atomic E-state index is 13.8. The third-order valence-corrected chi connectivity index (χ3v) is 8.38. The highest BCUT2D eigenvalue weighted by atomic mass is 16.4. The number of fused-ring (bicyclic) bond motifs is 3. The normalized spacial score (nSPS) is 30.3. The fourth-order valence-electron chi connectivity index (χ4n) is 6.62. The molecule has 0 bridgehead atoms. The number of phenolic OH excluding ortho intramolecular Hbond substituents is 1. The van der Waals surface area contributed by atoms with Crippen LogP contribution in [0, 0.1) is 18.8 Å². The average Bonchev–Trinajstić information content (AvgIpc) is 2.86. The Morgan fingerprint density at radius 3 is 2.28 bits per heavy atom. The van der Waals surface area contributed by atoms with Crippen LogP contribution in [0.15, 0.2) is 65.1 Å². The zero-order valence-electron chi connectivity index (χ0n) is 21.6. The van der Waals surface area contributed by atoms with E-state index in [-0.39, 0.29) is 17.7 Å². The standard InChI is InChI=1S/C29H30N2O8/c1-12-7-9-13(10-8-12)11-15-14-5-4-6-16(32)17(14)23(33)19-18(15)24(34)21-22(31(2)3)25(35)20(28(30)38)27(37)29(21,39)26(19)36/h4-10,15,18,21-22,24,32,34-36,39H,11H2,1-3H3,(H2,30,38)/t15?,18-,21-,22+,24+,29+/m1/s1. The number of hydrogen-bond donors (Lipinski definition) is 6. The summed E-state index contributed by atoms with van der Waals surface area (Å²) in [6.07, 6.45) is -1.37. The number of aromatic hydroxyl groups is 1. The molecule has 0 saturated heterocycles. The smallest absolute Gasteiger partial charge is 0.255 e. The zero-order valence-corrected chi connectivity index (χ0v) is 21.6. The van der Waals surface area contributed by atoms with Crippen molar-refractivity contribution in [3.05, 3.63) is 87.4 Å². The van der Waals surface area contributed by atoms with Gasteiger partial charge in [-0.25, -0.2) is 0 Å². The SMILES string of the molecule is Cc1ccc(CC2c3cccc(O)c3C(=O)C3=C(O)[C@]4(O)C(=O)C(C(N)=O)=C(O)[C@@H](N(C)C)[C@@H]4[C@@H](O)[C@@H]32)cc1. The van der Waals surface area contributed by atoms with Crippen LogP contribution in [0.5, 0.6) is 5.75 Å². The molecule has 0 spiro atoms. The van der Waals surface area contributed by atoms with E-state index in [2.05, 4.69) is 0 Å². The van der Waals surface area contributed by atoms with Crippen molar-refractivity contribution in [1.29, 1.82) is 0 Å². The van der Waals surface area contributed by atoms with E-state index in [1.165, 1.54) is 25.1 Å². The lowest BCUT2D eigenvalue weighted by molar-refractivity contribution is -0.162. The first kappa shape index (κ1) is 26.6. The monoisotopic (exact) mass is 534 g/mol. The lowest BCUT2D eigenvalue weighted by Crippen LogP contribution is -2.68. The Morgan fingerprint density at radius 2 is 1.69 bits per heavy atom. The average molecular weight is 535 g/mol. The number of carbonyl (C=O) groups excluding carboxylic acids is 3. The van der Waals surface area contributed by atoms with E-state index in [0.29, 0.717) is 5.56 Å². The van der Waals surface area contributed by atoms with E-state index < -0.39 is 75.6 Å². The molecule has 0 aliphatic heterocycles. The van der Waals surface area contributed by atoms with E-state index in [1.807, 2.05) is 31.2 Å². The number of amides is 1. The van der Waals surface area contributed by atoms with Crippen LogP contribution in [0.25, 0.3) is 0 Å². The number of primary amides is 1. The number of Topliss-reactive ketones (excluding diaryl/α,β-unsaturated/α-hetero) is 2. The van der Waals surface area contributed by atoms with Crippen molar-refractivity contribution < 1.29 is 39.9 Å². The number of ketones is 2. The van der Waals surface area contributed by atoms with Gasteiger partial charge in [0.25, 0.3) is 5.91 Å². The summed E-state index contributed by atoms with van der Waals surface area (Å²) in [5, 5.41) is 56.9. The molecular formula is C29H30N2O8. The summed E-state index contributed by atoms with van der Waals surface area (Å²) in [5.74, 6) is -9.09. The fourth-order valence-corrected chi connectivity index (χ4v) is 6.62. The lowest BCUT2D eigenvalue weighted by Gasteiger charge is -2.53. The van der Waals surface area contributed by atoms with Crippen LogP contribution in [0.4, 0.5) is 0 Å². The number of aryl methyl sites for hydroxylation is 1. The summed E-state index contributed by atoms with van der Waals surface area (Å²) in [6, 6.07) is 10.8. The molecule has 2 aromatic rings. The predicted molar refractivity (Wildman–Crippen MR) is 139 cm³/mol. The van der Waals surface area contributed by atoms with Gasteiger partial charge in [0.05, 0.1) is 23.6 Å². The number of nitrogens with two attached hydrogens (primary N) is 1. The largest absolute Gasteiger partial charge is 0.510 e. The van der Waals surface area contributed by atoms with Crippen LogP contribution in [0.2, 0.25) is 0 Å². The van der Waals surface area contributed by atoms with Crippen LogP contribution in [-0.2, 0) is 16.0 Å². The van der Waals surface area contributed by atoms with Crippen molar-refractivity contribution in [2.75, 3.05) is 14.1 Å². The Morgan fingerprint density at radius 1 is 1.05 bits per heavy atom. The molecule has 0 aromatic heterocycles. The molecular weight excluding hydrogens is 504 g/mol. The summed E-state index contributed by atoms with van der Waals surface area (Å²) >= 11 is 0. The number of benzene rings is 2. The van der Waals surface area contributed by atoms with Crippen molar-refractivity contribution in [1.82, 2.24) is 4.90 Å². The topological polar surface area (TPSA) is 182 Å². The lowest BCUT2D eigenvalue weighted by atomic mass is 9.54. The second-order valence-corrected chi connectivity index (χ2v) is 10.8. The number of aliphatic hydroxyl groups is 4. The molecule has 1 unspecified atom stereocenters. The van der Waals surface area contributed by atoms with Crippen LogP contribution in [0.3, 0.4) is 0 Å². The summed E-state index contributed by atoms with van der Waals surface area (Å²) in [5.41, 5.74) is 3.28. The summed E-state index contributed by atoms with van der Waals surface area (Å²) in [6.45, 7) is 1.93. The summed E-state index contributed by atoms with van der Waals surface area (Å²) in [7, 11) is 3.00. The maximum Gasteiger partial charge on any atom is 0.255 e. The first-order valence-electron chi connectivity index (χ1n) is 12.5. The van der Waals surface area contributed by atoms with Gasteiger partial charge in [0.2, 0.25) is 5.78 Å². The molecule has 10 heteroatoms. The van der Waals surface area contributed by atoms with Gasteiger partial charge in [-0.1, -0.05) is 42.0 Å². The van der Waals surface area contributed by atoms with Gasteiger partial charge in [0, 0.05) is 11.5 Å². The van der Waals surface area contributed by atoms with E-state index in [9.17, 15) is 39.9 Å². The van der Waals surface area contributed by atoms with E-state index in [1.54, 1.807) is 12.1 Å². The molecule has 5 rings (SSSR count). The zero-order chi connectivity index (χ0) is 28.5. The Bertz CT molecular complexity index is 1470. The molecule has 0 saturated carbocycles. The van der Waals surface area contributed by atoms with Crippen molar-refractivity contribution in [3.8, 4) is 5.75 Å². The molecule has 6 atom stereocenters. The molecule has 39 heavy (non-hydrogen) atoms. The molecule has 0 heterocycles. The molecule has 2 aromatic carbocycles. The number of carbonyl (C=O) groups is 3. The van der Waals surface area contributed by atoms with Crippen LogP contribution in [0.1, 0.15) is 33.0 Å². The molecule has 3 aliphatic carbocycles. The number of aliphatic hydroxyl groups excluding tert-OH is 3. The van der Waals surface area contributed by atoms with Gasteiger partial charge in [0.1, 0.15) is 22.8 Å². The Balaban J connectivity index is 1.80. The minimum Gasteiger partial charge on any atom is -0.510 e. The summed E-state index contributed by atoms with van der Waals surface area (Å²) < 4.78 is 0. The minimum absolute atomic E-state index is 0.109. The Kier molecular flexibility index (Phi) is 6.17. The Hall–Kier alpha value is -3.99. The predicted octanol–water partition coefficient (Wildman–Crippen LogP) is 1.18. The van der Waals surface area contributed by atoms with Crippen LogP contribution in [-0.4, -0.2) is 79.7 Å². The molecule has 7 N–H and O–H groups in total. The molecule has 3 aliphatic rings. The second kappa shape index (κ2) is 9.04. The first-order chi connectivity index (χ1) is 18.3. The highest BCUT2D eigenvalue weighted by molar-refractivity contribution is 6.25. The van der Waals surface area contributed by atoms with E-state index in [4.69, 9.17) is 5.73 Å². The number of hydrogen-bond acceptors (Lipinski definition) is 9. The van der Waals surface area contributed by atoms with Crippen LogP contribution < -0.4 is 5.73 Å². The molecule has 10 nitrogen and oxygen atoms in total. The third-order valence-electron chi connectivity index (χ3n) is 8.38. The number of nitrogens with zero attached hydrogens (tertiary/aromatic N) is 1. The van der Waals surface area contributed by atoms with Crippen molar-refractivity contribution >= 4 is 17.5 Å². The minimum atomic E-state index is -2.94. The quantitative estimate of drug-likeness (QED) is 0.314. The highest BCUT2D eigenvalue weighted by Gasteiger charge is 2.67. The molecule has 1 amide bonds. The van der Waals surface area contributed by atoms with Gasteiger partial charge in [-0.3, -0.25) is 19.3 Å². The third kappa shape index (κ3) is 3.63. The number of rotatable bonds is 4. The van der Waals surface area contributed by atoms with Crippen molar-refractivity contribution in [2.24, 2.45) is 17.6 Å². The fraction of sp³-hybridized carbons (Fsp3) is 0.345. The van der Waals surface area contributed by atoms with Gasteiger partial charge in [-0.05, 0) is 50.6 Å². The summed E-state index contributed by atoms with van der Waals surface area (Å²) in [4.78, 5) is 40.9. The Labute approximate surface area is 224 Å². The van der Waals surface area contributed by atoms with Gasteiger partial charge in [0.15, 0.2) is 11.4 Å². The number of phenols is 1. The van der Waals surface area contributed by atoms with Crippen molar-refractivity contribution in [2.45, 2.75) is 37.0 Å².